The third-order valence-electron chi connectivity index (χ3n) is 7.57. The number of nitrogens with zero attached hydrogens (tertiary/aromatic N) is 4. The van der Waals surface area contributed by atoms with Crippen LogP contribution in [0.1, 0.15) is 48.1 Å². The first-order valence-corrected chi connectivity index (χ1v) is 14.4. The summed E-state index contributed by atoms with van der Waals surface area (Å²) in [6, 6.07) is 16.4. The highest BCUT2D eigenvalue weighted by atomic mass is 32.2. The van der Waals surface area contributed by atoms with E-state index >= 15 is 0 Å². The Kier molecular flexibility index (Phi) is 8.23. The van der Waals surface area contributed by atoms with Gasteiger partial charge in [0.2, 0.25) is 5.91 Å². The van der Waals surface area contributed by atoms with Crippen molar-refractivity contribution in [1.82, 2.24) is 14.7 Å². The lowest BCUT2D eigenvalue weighted by Crippen LogP contribution is -2.48. The predicted molar refractivity (Wildman–Crippen MR) is 156 cm³/mol. The molecule has 1 saturated heterocycles. The first kappa shape index (κ1) is 27.2. The summed E-state index contributed by atoms with van der Waals surface area (Å²) in [4.78, 5) is 37.8. The summed E-state index contributed by atoms with van der Waals surface area (Å²) in [7, 11) is 1.41. The van der Waals surface area contributed by atoms with Crippen LogP contribution in [-0.4, -0.2) is 65.0 Å². The van der Waals surface area contributed by atoms with Crippen LogP contribution in [0.4, 0.5) is 0 Å². The molecule has 0 radical (unpaired) electrons. The molecule has 7 nitrogen and oxygen atoms in total. The van der Waals surface area contributed by atoms with Crippen molar-refractivity contribution in [3.63, 3.8) is 0 Å². The quantitative estimate of drug-likeness (QED) is 0.448. The monoisotopic (exact) mass is 544 g/mol. The zero-order valence-corrected chi connectivity index (χ0v) is 24.0. The molecule has 204 valence electrons. The molecule has 3 heterocycles. The Morgan fingerprint density at radius 3 is 2.44 bits per heavy atom. The van der Waals surface area contributed by atoms with Gasteiger partial charge in [0.25, 0.3) is 0 Å². The molecule has 0 spiro atoms. The number of thioether (sulfide) groups is 1. The summed E-state index contributed by atoms with van der Waals surface area (Å²) in [5.41, 5.74) is 6.80. The zero-order valence-electron chi connectivity index (χ0n) is 23.1. The predicted octanol–water partition coefficient (Wildman–Crippen LogP) is 5.18. The maximum atomic E-state index is 13.5. The third-order valence-corrected chi connectivity index (χ3v) is 8.46. The Hall–Kier alpha value is -3.36. The van der Waals surface area contributed by atoms with Gasteiger partial charge in [0, 0.05) is 38.4 Å². The molecule has 0 bridgehead atoms. The van der Waals surface area contributed by atoms with Gasteiger partial charge in [0.15, 0.2) is 5.17 Å². The summed E-state index contributed by atoms with van der Waals surface area (Å²) in [5, 5.41) is 2.82. The lowest BCUT2D eigenvalue weighted by Gasteiger charge is -2.38. The third kappa shape index (κ3) is 5.82. The average molecular weight is 545 g/mol. The topological polar surface area (TPSA) is 65.5 Å². The number of methoxy groups -OCH3 is 1. The Labute approximate surface area is 235 Å². The van der Waals surface area contributed by atoms with Crippen molar-refractivity contribution in [3.8, 4) is 0 Å². The molecule has 0 aromatic heterocycles. The number of hydrogen-bond donors (Lipinski definition) is 0. The molecule has 1 atom stereocenters. The van der Waals surface area contributed by atoms with Gasteiger partial charge in [-0.25, -0.2) is 9.79 Å². The number of piperazine rings is 1. The summed E-state index contributed by atoms with van der Waals surface area (Å²) in [6.45, 7) is 10.2. The summed E-state index contributed by atoms with van der Waals surface area (Å²) >= 11 is 1.52. The maximum Gasteiger partial charge on any atom is 0.338 e. The number of benzene rings is 2. The molecule has 5 rings (SSSR count). The van der Waals surface area contributed by atoms with Crippen molar-refractivity contribution in [1.29, 1.82) is 0 Å². The van der Waals surface area contributed by atoms with Gasteiger partial charge in [0.1, 0.15) is 0 Å². The maximum absolute atomic E-state index is 13.5. The standard InChI is InChI=1S/C31H36N4O3S/c1-5-26-28(30(37)38-4)29(24-8-6-7-22(3)17-24)35-25(20-39-31(35)32-26)18-27(36)34-15-13-33(14-16-34)19-23-11-9-21(2)10-12-23/h6-12,17,20,29H,5,13-16,18-19H2,1-4H3. The van der Waals surface area contributed by atoms with Crippen LogP contribution in [0, 0.1) is 13.8 Å². The van der Waals surface area contributed by atoms with Crippen LogP contribution in [-0.2, 0) is 20.9 Å². The molecule has 1 fully saturated rings. The smallest absolute Gasteiger partial charge is 0.338 e. The average Bonchev–Trinajstić information content (AvgIpc) is 3.35. The first-order valence-electron chi connectivity index (χ1n) is 13.5. The van der Waals surface area contributed by atoms with Crippen molar-refractivity contribution < 1.29 is 14.3 Å². The van der Waals surface area contributed by atoms with Crippen LogP contribution in [0.3, 0.4) is 0 Å². The molecule has 3 aliphatic rings. The van der Waals surface area contributed by atoms with E-state index in [0.29, 0.717) is 25.1 Å². The Bertz CT molecular complexity index is 1340. The Morgan fingerprint density at radius 2 is 1.77 bits per heavy atom. The second-order valence-corrected chi connectivity index (χ2v) is 11.2. The van der Waals surface area contributed by atoms with E-state index in [-0.39, 0.29) is 24.3 Å². The molecule has 0 aliphatic carbocycles. The highest BCUT2D eigenvalue weighted by molar-refractivity contribution is 8.16. The first-order chi connectivity index (χ1) is 18.9. The number of allylic oxidation sites excluding steroid dienone is 1. The fourth-order valence-corrected chi connectivity index (χ4v) is 6.38. The second kappa shape index (κ2) is 11.8. The normalized spacial score (nSPS) is 19.5. The molecule has 1 unspecified atom stereocenters. The second-order valence-electron chi connectivity index (χ2n) is 10.3. The molecule has 0 saturated carbocycles. The van der Waals surface area contributed by atoms with Gasteiger partial charge in [-0.3, -0.25) is 9.69 Å². The van der Waals surface area contributed by atoms with E-state index in [4.69, 9.17) is 9.73 Å². The van der Waals surface area contributed by atoms with Gasteiger partial charge >= 0.3 is 5.97 Å². The number of amidine groups is 1. The SMILES string of the molecule is CCC1=C(C(=O)OC)C(c2cccc(C)c2)N2C(CC(=O)N3CCN(Cc4ccc(C)cc4)CC3)=CSC2=N1. The molecular formula is C31H36N4O3S. The molecule has 0 N–H and O–H groups in total. The molecule has 2 aromatic carbocycles. The minimum atomic E-state index is -0.389. The Morgan fingerprint density at radius 1 is 1.03 bits per heavy atom. The Balaban J connectivity index is 1.32. The van der Waals surface area contributed by atoms with E-state index in [1.165, 1.54) is 30.0 Å². The van der Waals surface area contributed by atoms with Gasteiger partial charge < -0.3 is 14.5 Å². The van der Waals surface area contributed by atoms with Gasteiger partial charge in [-0.2, -0.15) is 0 Å². The van der Waals surface area contributed by atoms with Gasteiger partial charge in [-0.1, -0.05) is 78.3 Å². The number of aliphatic imine (C=N–C) groups is 1. The van der Waals surface area contributed by atoms with E-state index in [2.05, 4.69) is 47.1 Å². The molecular weight excluding hydrogens is 508 g/mol. The van der Waals surface area contributed by atoms with Crippen molar-refractivity contribution in [2.75, 3.05) is 33.3 Å². The number of aryl methyl sites for hydroxylation is 2. The number of fused-ring (bicyclic) bond motifs is 1. The number of rotatable bonds is 7. The van der Waals surface area contributed by atoms with Crippen molar-refractivity contribution >= 4 is 28.8 Å². The molecule has 3 aliphatic heterocycles. The molecule has 1 amide bonds. The summed E-state index contributed by atoms with van der Waals surface area (Å²) in [6.07, 6.45) is 0.883. The number of hydrogen-bond acceptors (Lipinski definition) is 7. The van der Waals surface area contributed by atoms with E-state index in [9.17, 15) is 9.59 Å². The van der Waals surface area contributed by atoms with E-state index in [1.54, 1.807) is 0 Å². The number of ether oxygens (including phenoxy) is 1. The number of esters is 1. The van der Waals surface area contributed by atoms with Crippen LogP contribution in [0.2, 0.25) is 0 Å². The highest BCUT2D eigenvalue weighted by Crippen LogP contribution is 2.45. The minimum Gasteiger partial charge on any atom is -0.466 e. The largest absolute Gasteiger partial charge is 0.466 e. The van der Waals surface area contributed by atoms with E-state index < -0.39 is 0 Å². The van der Waals surface area contributed by atoms with Crippen molar-refractivity contribution in [3.05, 3.63) is 93.2 Å². The zero-order chi connectivity index (χ0) is 27.5. The number of carbonyl (C=O) groups excluding carboxylic acids is 2. The van der Waals surface area contributed by atoms with Crippen LogP contribution in [0.25, 0.3) is 0 Å². The summed E-state index contributed by atoms with van der Waals surface area (Å²) in [5.74, 6) is -0.278. The van der Waals surface area contributed by atoms with Gasteiger partial charge in [0.05, 0.1) is 30.8 Å². The minimum absolute atomic E-state index is 0.103. The number of carbonyl (C=O) groups is 2. The fraction of sp³-hybridized carbons (Fsp3) is 0.387. The van der Waals surface area contributed by atoms with Crippen LogP contribution in [0.15, 0.2) is 75.9 Å². The van der Waals surface area contributed by atoms with Crippen LogP contribution >= 0.6 is 11.8 Å². The summed E-state index contributed by atoms with van der Waals surface area (Å²) < 4.78 is 5.22. The van der Waals surface area contributed by atoms with Gasteiger partial charge in [-0.15, -0.1) is 0 Å². The fourth-order valence-electron chi connectivity index (χ4n) is 5.44. The van der Waals surface area contributed by atoms with Crippen molar-refractivity contribution in [2.24, 2.45) is 4.99 Å². The van der Waals surface area contributed by atoms with E-state index in [0.717, 1.165) is 47.3 Å². The van der Waals surface area contributed by atoms with Gasteiger partial charge in [-0.05, 0) is 36.8 Å². The molecule has 2 aromatic rings. The molecule has 8 heteroatoms. The lowest BCUT2D eigenvalue weighted by atomic mass is 9.92. The number of amides is 1. The van der Waals surface area contributed by atoms with Crippen LogP contribution < -0.4 is 0 Å². The van der Waals surface area contributed by atoms with E-state index in [1.807, 2.05) is 42.4 Å². The highest BCUT2D eigenvalue weighted by Gasteiger charge is 2.41. The molecule has 39 heavy (non-hydrogen) atoms. The lowest BCUT2D eigenvalue weighted by molar-refractivity contribution is -0.136. The van der Waals surface area contributed by atoms with Crippen LogP contribution in [0.5, 0.6) is 0 Å². The van der Waals surface area contributed by atoms with Crippen molar-refractivity contribution in [2.45, 2.75) is 46.2 Å².